The zero-order valence-electron chi connectivity index (χ0n) is 10.5. The van der Waals surface area contributed by atoms with Crippen molar-refractivity contribution in [3.8, 4) is 0 Å². The van der Waals surface area contributed by atoms with E-state index in [1.807, 2.05) is 10.6 Å². The largest absolute Gasteiger partial charge is 0.317 e. The minimum absolute atomic E-state index is 0.523. The maximum Gasteiger partial charge on any atom is 0.129 e. The monoisotopic (exact) mass is 231 g/mol. The van der Waals surface area contributed by atoms with Gasteiger partial charge in [-0.2, -0.15) is 0 Å². The first-order valence-corrected chi connectivity index (χ1v) is 6.38. The molecule has 0 unspecified atom stereocenters. The first-order valence-electron chi connectivity index (χ1n) is 6.38. The van der Waals surface area contributed by atoms with Gasteiger partial charge in [-0.3, -0.25) is 5.41 Å². The molecular weight excluding hydrogens is 210 g/mol. The molecule has 1 aromatic rings. The van der Waals surface area contributed by atoms with E-state index in [1.165, 1.54) is 18.4 Å². The summed E-state index contributed by atoms with van der Waals surface area (Å²) in [4.78, 5) is 0. The number of rotatable bonds is 3. The second-order valence-corrected chi connectivity index (χ2v) is 4.66. The fraction of sp³-hybridized carbons (Fsp3) is 0.500. The Kier molecular flexibility index (Phi) is 3.79. The molecule has 0 saturated carbocycles. The SMILES string of the molecule is C=C(CC)n1cc(C2CCNCC2)ccc1=N. The van der Waals surface area contributed by atoms with Crippen LogP contribution in [0.4, 0.5) is 0 Å². The Labute approximate surface area is 103 Å². The van der Waals surface area contributed by atoms with Crippen molar-refractivity contribution in [2.45, 2.75) is 32.1 Å². The molecular formula is C14H21N3. The number of allylic oxidation sites excluding steroid dienone is 1. The van der Waals surface area contributed by atoms with Crippen LogP contribution in [0.3, 0.4) is 0 Å². The average Bonchev–Trinajstić information content (AvgIpc) is 2.39. The highest BCUT2D eigenvalue weighted by atomic mass is 15.0. The van der Waals surface area contributed by atoms with E-state index in [9.17, 15) is 0 Å². The van der Waals surface area contributed by atoms with Gasteiger partial charge in [0.2, 0.25) is 0 Å². The molecule has 0 radical (unpaired) electrons. The smallest absolute Gasteiger partial charge is 0.129 e. The molecule has 17 heavy (non-hydrogen) atoms. The van der Waals surface area contributed by atoms with E-state index in [2.05, 4.69) is 31.1 Å². The molecule has 1 aliphatic rings. The molecule has 2 rings (SSSR count). The van der Waals surface area contributed by atoms with Gasteiger partial charge in [-0.15, -0.1) is 0 Å². The van der Waals surface area contributed by atoms with Gasteiger partial charge in [-0.25, -0.2) is 0 Å². The maximum absolute atomic E-state index is 7.90. The molecule has 1 saturated heterocycles. The predicted octanol–water partition coefficient (Wildman–Crippen LogP) is 2.32. The molecule has 1 aromatic heterocycles. The Bertz CT molecular complexity index is 453. The van der Waals surface area contributed by atoms with E-state index in [0.29, 0.717) is 11.4 Å². The maximum atomic E-state index is 7.90. The van der Waals surface area contributed by atoms with E-state index >= 15 is 0 Å². The zero-order chi connectivity index (χ0) is 12.3. The van der Waals surface area contributed by atoms with Gasteiger partial charge in [0.25, 0.3) is 0 Å². The van der Waals surface area contributed by atoms with Crippen LogP contribution in [-0.2, 0) is 0 Å². The van der Waals surface area contributed by atoms with E-state index in [4.69, 9.17) is 5.41 Å². The van der Waals surface area contributed by atoms with E-state index in [-0.39, 0.29) is 0 Å². The number of nitrogens with zero attached hydrogens (tertiary/aromatic N) is 1. The Balaban J connectivity index is 2.29. The van der Waals surface area contributed by atoms with Crippen LogP contribution in [0.2, 0.25) is 0 Å². The lowest BCUT2D eigenvalue weighted by atomic mass is 9.91. The molecule has 0 spiro atoms. The van der Waals surface area contributed by atoms with E-state index in [1.54, 1.807) is 0 Å². The van der Waals surface area contributed by atoms with Crippen LogP contribution in [0.25, 0.3) is 5.70 Å². The van der Waals surface area contributed by atoms with Crippen LogP contribution in [0.15, 0.2) is 24.9 Å². The van der Waals surface area contributed by atoms with Crippen molar-refractivity contribution in [3.63, 3.8) is 0 Å². The fourth-order valence-corrected chi connectivity index (χ4v) is 2.35. The topological polar surface area (TPSA) is 40.8 Å². The third-order valence-electron chi connectivity index (χ3n) is 3.53. The summed E-state index contributed by atoms with van der Waals surface area (Å²) >= 11 is 0. The lowest BCUT2D eigenvalue weighted by Crippen LogP contribution is -2.27. The summed E-state index contributed by atoms with van der Waals surface area (Å²) < 4.78 is 1.91. The number of pyridine rings is 1. The summed E-state index contributed by atoms with van der Waals surface area (Å²) in [7, 11) is 0. The lowest BCUT2D eigenvalue weighted by molar-refractivity contribution is 0.458. The van der Waals surface area contributed by atoms with Gasteiger partial charge >= 0.3 is 0 Å². The van der Waals surface area contributed by atoms with Gasteiger partial charge in [-0.1, -0.05) is 19.6 Å². The Hall–Kier alpha value is -1.35. The van der Waals surface area contributed by atoms with Crippen molar-refractivity contribution >= 4 is 5.70 Å². The molecule has 2 N–H and O–H groups in total. The van der Waals surface area contributed by atoms with Crippen molar-refractivity contribution < 1.29 is 0 Å². The van der Waals surface area contributed by atoms with Gasteiger partial charge in [0.15, 0.2) is 0 Å². The zero-order valence-corrected chi connectivity index (χ0v) is 10.5. The molecule has 3 nitrogen and oxygen atoms in total. The number of piperidine rings is 1. The van der Waals surface area contributed by atoms with Crippen molar-refractivity contribution in [1.29, 1.82) is 5.41 Å². The highest BCUT2D eigenvalue weighted by Crippen LogP contribution is 2.24. The average molecular weight is 231 g/mol. The molecule has 0 aliphatic carbocycles. The summed E-state index contributed by atoms with van der Waals surface area (Å²) in [6.45, 7) is 8.29. The Morgan fingerprint density at radius 1 is 1.47 bits per heavy atom. The minimum atomic E-state index is 0.523. The standard InChI is InChI=1S/C14H21N3/c1-3-11(2)17-10-13(4-5-14(17)15)12-6-8-16-9-7-12/h4-5,10,12,15-16H,2-3,6-9H2,1H3. The van der Waals surface area contributed by atoms with Gasteiger partial charge < -0.3 is 9.88 Å². The lowest BCUT2D eigenvalue weighted by Gasteiger charge is -2.23. The molecule has 2 heterocycles. The summed E-state index contributed by atoms with van der Waals surface area (Å²) in [6.07, 6.45) is 5.36. The number of aromatic nitrogens is 1. The highest BCUT2D eigenvalue weighted by Gasteiger charge is 2.15. The van der Waals surface area contributed by atoms with Crippen LogP contribution in [-0.4, -0.2) is 17.7 Å². The molecule has 1 aliphatic heterocycles. The molecule has 0 aromatic carbocycles. The second-order valence-electron chi connectivity index (χ2n) is 4.66. The van der Waals surface area contributed by atoms with Crippen LogP contribution < -0.4 is 10.8 Å². The minimum Gasteiger partial charge on any atom is -0.317 e. The summed E-state index contributed by atoms with van der Waals surface area (Å²) in [5.74, 6) is 0.632. The van der Waals surface area contributed by atoms with Crippen molar-refractivity contribution in [2.24, 2.45) is 0 Å². The van der Waals surface area contributed by atoms with Gasteiger partial charge in [0.05, 0.1) is 0 Å². The summed E-state index contributed by atoms with van der Waals surface area (Å²) in [5, 5.41) is 11.3. The van der Waals surface area contributed by atoms with E-state index < -0.39 is 0 Å². The first-order chi connectivity index (χ1) is 8.22. The van der Waals surface area contributed by atoms with Crippen molar-refractivity contribution in [3.05, 3.63) is 36.0 Å². The Morgan fingerprint density at radius 2 is 2.18 bits per heavy atom. The normalized spacial score (nSPS) is 17.0. The summed E-state index contributed by atoms with van der Waals surface area (Å²) in [6, 6.07) is 3.98. The van der Waals surface area contributed by atoms with Crippen molar-refractivity contribution in [1.82, 2.24) is 9.88 Å². The van der Waals surface area contributed by atoms with Gasteiger partial charge in [0, 0.05) is 11.9 Å². The molecule has 1 fully saturated rings. The number of hydrogen-bond donors (Lipinski definition) is 2. The molecule has 0 amide bonds. The van der Waals surface area contributed by atoms with Gasteiger partial charge in [-0.05, 0) is 49.9 Å². The first kappa shape index (κ1) is 12.1. The van der Waals surface area contributed by atoms with Crippen LogP contribution in [0, 0.1) is 5.41 Å². The summed E-state index contributed by atoms with van der Waals surface area (Å²) in [5.41, 5.74) is 2.86. The fourth-order valence-electron chi connectivity index (χ4n) is 2.35. The molecule has 0 atom stereocenters. The van der Waals surface area contributed by atoms with Crippen LogP contribution in [0.5, 0.6) is 0 Å². The number of nitrogens with one attached hydrogen (secondary N) is 2. The molecule has 3 heteroatoms. The van der Waals surface area contributed by atoms with Gasteiger partial charge in [0.1, 0.15) is 5.49 Å². The van der Waals surface area contributed by atoms with Crippen LogP contribution in [0.1, 0.15) is 37.7 Å². The van der Waals surface area contributed by atoms with Crippen LogP contribution >= 0.6 is 0 Å². The number of hydrogen-bond acceptors (Lipinski definition) is 2. The predicted molar refractivity (Wildman–Crippen MR) is 70.8 cm³/mol. The highest BCUT2D eigenvalue weighted by molar-refractivity contribution is 5.41. The van der Waals surface area contributed by atoms with E-state index in [0.717, 1.165) is 25.2 Å². The third kappa shape index (κ3) is 2.67. The second kappa shape index (κ2) is 5.32. The molecule has 92 valence electrons. The third-order valence-corrected chi connectivity index (χ3v) is 3.53. The van der Waals surface area contributed by atoms with Crippen molar-refractivity contribution in [2.75, 3.05) is 13.1 Å². The Morgan fingerprint density at radius 3 is 2.82 bits per heavy atom. The molecule has 0 bridgehead atoms. The quantitative estimate of drug-likeness (QED) is 0.823.